The molecule has 1 aromatic heterocycles. The maximum absolute atomic E-state index is 11.1. The fourth-order valence-corrected chi connectivity index (χ4v) is 1.73. The van der Waals surface area contributed by atoms with Gasteiger partial charge < -0.3 is 11.1 Å². The lowest BCUT2D eigenvalue weighted by Crippen LogP contribution is -2.12. The van der Waals surface area contributed by atoms with E-state index in [0.717, 1.165) is 5.69 Å². The number of rotatable bonds is 5. The number of anilines is 1. The summed E-state index contributed by atoms with van der Waals surface area (Å²) in [6.07, 6.45) is 1.77. The highest BCUT2D eigenvalue weighted by Crippen LogP contribution is 2.25. The summed E-state index contributed by atoms with van der Waals surface area (Å²) >= 11 is 0. The minimum absolute atomic E-state index is 0.120. The third-order valence-electron chi connectivity index (χ3n) is 2.71. The van der Waals surface area contributed by atoms with Crippen LogP contribution in [0.4, 0.5) is 11.4 Å². The van der Waals surface area contributed by atoms with Crippen molar-refractivity contribution in [1.29, 1.82) is 0 Å². The molecule has 2 aromatic rings. The molecule has 1 aromatic carbocycles. The van der Waals surface area contributed by atoms with Crippen LogP contribution in [0.1, 0.15) is 16.1 Å². The van der Waals surface area contributed by atoms with Gasteiger partial charge >= 0.3 is 0 Å². The zero-order chi connectivity index (χ0) is 14.7. The minimum Gasteiger partial charge on any atom is -0.374 e. The summed E-state index contributed by atoms with van der Waals surface area (Å²) in [4.78, 5) is 21.5. The van der Waals surface area contributed by atoms with Crippen LogP contribution in [0.2, 0.25) is 0 Å². The van der Waals surface area contributed by atoms with E-state index in [2.05, 4.69) is 10.4 Å². The van der Waals surface area contributed by atoms with Gasteiger partial charge in [0.1, 0.15) is 5.69 Å². The lowest BCUT2D eigenvalue weighted by molar-refractivity contribution is -0.384. The average Bonchev–Trinajstić information content (AvgIpc) is 2.81. The number of hydrogen-bond acceptors (Lipinski definition) is 5. The van der Waals surface area contributed by atoms with Crippen LogP contribution in [0.3, 0.4) is 0 Å². The van der Waals surface area contributed by atoms with Gasteiger partial charge in [-0.3, -0.25) is 19.6 Å². The fourth-order valence-electron chi connectivity index (χ4n) is 1.73. The lowest BCUT2D eigenvalue weighted by Gasteiger charge is -2.07. The van der Waals surface area contributed by atoms with Crippen LogP contribution in [0, 0.1) is 10.1 Å². The normalized spacial score (nSPS) is 10.2. The van der Waals surface area contributed by atoms with Gasteiger partial charge in [0.25, 0.3) is 5.69 Å². The number of nitrogens with zero attached hydrogens (tertiary/aromatic N) is 3. The molecule has 0 spiro atoms. The number of nitrogens with two attached hydrogens (primary N) is 1. The Kier molecular flexibility index (Phi) is 3.65. The molecule has 104 valence electrons. The Bertz CT molecular complexity index is 665. The van der Waals surface area contributed by atoms with Gasteiger partial charge in [-0.15, -0.1) is 0 Å². The fraction of sp³-hybridized carbons (Fsp3) is 0.167. The van der Waals surface area contributed by atoms with Crippen molar-refractivity contribution >= 4 is 17.3 Å². The Hall–Kier alpha value is -2.90. The predicted octanol–water partition coefficient (Wildman–Crippen LogP) is 1.04. The first-order valence-electron chi connectivity index (χ1n) is 5.78. The number of carbonyl (C=O) groups excluding carboxylic acids is 1. The Balaban J connectivity index is 2.25. The highest BCUT2D eigenvalue weighted by atomic mass is 16.6. The van der Waals surface area contributed by atoms with E-state index < -0.39 is 10.8 Å². The predicted molar refractivity (Wildman–Crippen MR) is 72.1 cm³/mol. The van der Waals surface area contributed by atoms with E-state index in [4.69, 9.17) is 5.73 Å². The van der Waals surface area contributed by atoms with Crippen LogP contribution in [-0.2, 0) is 13.6 Å². The average molecular weight is 275 g/mol. The van der Waals surface area contributed by atoms with Gasteiger partial charge in [-0.05, 0) is 18.2 Å². The second-order valence-electron chi connectivity index (χ2n) is 4.19. The number of carbonyl (C=O) groups is 1. The van der Waals surface area contributed by atoms with Gasteiger partial charge in [-0.25, -0.2) is 0 Å². The first-order valence-corrected chi connectivity index (χ1v) is 5.78. The topological polar surface area (TPSA) is 116 Å². The van der Waals surface area contributed by atoms with Gasteiger partial charge in [-0.1, -0.05) is 0 Å². The smallest absolute Gasteiger partial charge is 0.292 e. The van der Waals surface area contributed by atoms with Crippen molar-refractivity contribution in [2.24, 2.45) is 12.8 Å². The Morgan fingerprint density at radius 2 is 2.25 bits per heavy atom. The molecule has 0 aliphatic carbocycles. The molecule has 0 aliphatic rings. The van der Waals surface area contributed by atoms with Crippen LogP contribution in [0.15, 0.2) is 30.5 Å². The van der Waals surface area contributed by atoms with E-state index in [9.17, 15) is 14.9 Å². The minimum atomic E-state index is -0.638. The molecule has 0 fully saturated rings. The standard InChI is InChI=1S/C12H13N5O3/c1-16-5-4-9(15-16)7-14-10-6-8(12(13)18)2-3-11(10)17(19)20/h2-6,14H,7H2,1H3,(H2,13,18). The van der Waals surface area contributed by atoms with Gasteiger partial charge in [0.05, 0.1) is 17.2 Å². The molecule has 8 heteroatoms. The number of hydrogen-bond donors (Lipinski definition) is 2. The first kappa shape index (κ1) is 13.5. The van der Waals surface area contributed by atoms with Crippen LogP contribution in [-0.4, -0.2) is 20.6 Å². The summed E-state index contributed by atoms with van der Waals surface area (Å²) in [5, 5.41) is 18.0. The number of aromatic nitrogens is 2. The maximum Gasteiger partial charge on any atom is 0.292 e. The molecule has 2 rings (SSSR count). The molecular weight excluding hydrogens is 262 g/mol. The molecule has 0 unspecified atom stereocenters. The zero-order valence-corrected chi connectivity index (χ0v) is 10.7. The van der Waals surface area contributed by atoms with Gasteiger partial charge in [0.15, 0.2) is 0 Å². The van der Waals surface area contributed by atoms with Crippen molar-refractivity contribution < 1.29 is 9.72 Å². The molecule has 0 bridgehead atoms. The molecule has 0 saturated carbocycles. The van der Waals surface area contributed by atoms with Crippen molar-refractivity contribution in [3.63, 3.8) is 0 Å². The zero-order valence-electron chi connectivity index (χ0n) is 10.7. The molecule has 0 saturated heterocycles. The Morgan fingerprint density at radius 3 is 2.80 bits per heavy atom. The number of nitro benzene ring substituents is 1. The van der Waals surface area contributed by atoms with Crippen molar-refractivity contribution in [2.45, 2.75) is 6.54 Å². The largest absolute Gasteiger partial charge is 0.374 e. The summed E-state index contributed by atoms with van der Waals surface area (Å²) in [6.45, 7) is 0.309. The third-order valence-corrected chi connectivity index (χ3v) is 2.71. The molecule has 1 heterocycles. The number of nitro groups is 1. The second kappa shape index (κ2) is 5.39. The molecule has 0 radical (unpaired) electrons. The monoisotopic (exact) mass is 275 g/mol. The van der Waals surface area contributed by atoms with Crippen molar-refractivity contribution in [2.75, 3.05) is 5.32 Å². The first-order chi connectivity index (χ1) is 9.47. The molecular formula is C12H13N5O3. The van der Waals surface area contributed by atoms with Crippen molar-refractivity contribution in [3.8, 4) is 0 Å². The Labute approximate surface area is 114 Å². The molecule has 0 aliphatic heterocycles. The molecule has 1 amide bonds. The summed E-state index contributed by atoms with van der Waals surface area (Å²) in [5.41, 5.74) is 6.22. The quantitative estimate of drug-likeness (QED) is 0.624. The summed E-state index contributed by atoms with van der Waals surface area (Å²) < 4.78 is 1.63. The second-order valence-corrected chi connectivity index (χ2v) is 4.19. The van der Waals surface area contributed by atoms with E-state index in [1.54, 1.807) is 24.0 Å². The van der Waals surface area contributed by atoms with E-state index in [1.807, 2.05) is 0 Å². The highest BCUT2D eigenvalue weighted by molar-refractivity contribution is 5.94. The number of nitrogens with one attached hydrogen (secondary N) is 1. The maximum atomic E-state index is 11.1. The van der Waals surface area contributed by atoms with E-state index in [1.165, 1.54) is 18.2 Å². The third kappa shape index (κ3) is 2.91. The van der Waals surface area contributed by atoms with E-state index in [-0.39, 0.29) is 16.9 Å². The SMILES string of the molecule is Cn1ccc(CNc2cc(C(N)=O)ccc2[N+](=O)[O-])n1. The van der Waals surface area contributed by atoms with Crippen molar-refractivity contribution in [1.82, 2.24) is 9.78 Å². The number of primary amides is 1. The number of aryl methyl sites for hydroxylation is 1. The number of amides is 1. The van der Waals surface area contributed by atoms with E-state index >= 15 is 0 Å². The molecule has 0 atom stereocenters. The van der Waals surface area contributed by atoms with Crippen LogP contribution < -0.4 is 11.1 Å². The summed E-state index contributed by atoms with van der Waals surface area (Å²) in [6, 6.07) is 5.73. The van der Waals surface area contributed by atoms with Crippen LogP contribution in [0.5, 0.6) is 0 Å². The van der Waals surface area contributed by atoms with E-state index in [0.29, 0.717) is 6.54 Å². The van der Waals surface area contributed by atoms with Crippen LogP contribution in [0.25, 0.3) is 0 Å². The number of benzene rings is 1. The summed E-state index contributed by atoms with van der Waals surface area (Å²) in [5.74, 6) is -0.638. The van der Waals surface area contributed by atoms with Gasteiger partial charge in [0, 0.05) is 24.9 Å². The highest BCUT2D eigenvalue weighted by Gasteiger charge is 2.15. The van der Waals surface area contributed by atoms with Crippen molar-refractivity contribution in [3.05, 3.63) is 51.8 Å². The Morgan fingerprint density at radius 1 is 1.50 bits per heavy atom. The molecule has 20 heavy (non-hydrogen) atoms. The molecule has 3 N–H and O–H groups in total. The molecule has 8 nitrogen and oxygen atoms in total. The van der Waals surface area contributed by atoms with Gasteiger partial charge in [0.2, 0.25) is 5.91 Å². The lowest BCUT2D eigenvalue weighted by atomic mass is 10.1. The van der Waals surface area contributed by atoms with Crippen LogP contribution >= 0.6 is 0 Å². The summed E-state index contributed by atoms with van der Waals surface area (Å²) in [7, 11) is 1.78. The van der Waals surface area contributed by atoms with Gasteiger partial charge in [-0.2, -0.15) is 5.10 Å².